The van der Waals surface area contributed by atoms with E-state index >= 15 is 0 Å². The molecule has 0 spiro atoms. The second-order valence-corrected chi connectivity index (χ2v) is 4.58. The van der Waals surface area contributed by atoms with Gasteiger partial charge in [0.1, 0.15) is 0 Å². The third kappa shape index (κ3) is 4.28. The van der Waals surface area contributed by atoms with Gasteiger partial charge in [-0.3, -0.25) is 5.43 Å². The number of rotatable bonds is 7. The van der Waals surface area contributed by atoms with E-state index in [0.717, 1.165) is 6.42 Å². The molecule has 0 radical (unpaired) electrons. The molecule has 3 N–H and O–H groups in total. The van der Waals surface area contributed by atoms with Crippen LogP contribution in [0.15, 0.2) is 30.3 Å². The summed E-state index contributed by atoms with van der Waals surface area (Å²) < 4.78 is 5.45. The van der Waals surface area contributed by atoms with Gasteiger partial charge in [-0.25, -0.2) is 5.84 Å². The molecule has 1 heterocycles. The number of nitrogens with two attached hydrogens (primary N) is 1. The Bertz CT molecular complexity index is 563. The minimum atomic E-state index is 0.273. The molecule has 21 heavy (non-hydrogen) atoms. The summed E-state index contributed by atoms with van der Waals surface area (Å²) >= 11 is 0. The Labute approximate surface area is 124 Å². The number of nitrogen functional groups attached to an aromatic ring is 1. The Morgan fingerprint density at radius 2 is 1.95 bits per heavy atom. The number of aromatic nitrogens is 3. The van der Waals surface area contributed by atoms with Gasteiger partial charge in [0.15, 0.2) is 0 Å². The molecule has 0 fully saturated rings. The lowest BCUT2D eigenvalue weighted by molar-refractivity contribution is 0.292. The molecule has 0 aliphatic rings. The fourth-order valence-electron chi connectivity index (χ4n) is 1.77. The van der Waals surface area contributed by atoms with Gasteiger partial charge in [0.2, 0.25) is 11.9 Å². The molecule has 0 bridgehead atoms. The Balaban J connectivity index is 2.16. The van der Waals surface area contributed by atoms with Crippen LogP contribution in [-0.2, 0) is 6.54 Å². The van der Waals surface area contributed by atoms with E-state index in [2.05, 4.69) is 20.4 Å². The summed E-state index contributed by atoms with van der Waals surface area (Å²) in [7, 11) is 1.91. The van der Waals surface area contributed by atoms with Gasteiger partial charge in [-0.05, 0) is 12.0 Å². The number of benzene rings is 1. The number of ether oxygens (including phenoxy) is 1. The molecule has 2 aromatic rings. The second kappa shape index (κ2) is 7.39. The minimum absolute atomic E-state index is 0.273. The predicted octanol–water partition coefficient (Wildman–Crippen LogP) is 1.58. The summed E-state index contributed by atoms with van der Waals surface area (Å²) in [5.41, 5.74) is 3.60. The Morgan fingerprint density at radius 1 is 1.19 bits per heavy atom. The number of hydrogen-bond donors (Lipinski definition) is 2. The van der Waals surface area contributed by atoms with E-state index in [4.69, 9.17) is 10.6 Å². The normalized spacial score (nSPS) is 10.2. The molecule has 0 saturated carbocycles. The van der Waals surface area contributed by atoms with Crippen LogP contribution in [0.4, 0.5) is 11.9 Å². The maximum absolute atomic E-state index is 5.45. The fraction of sp³-hybridized carbons (Fsp3) is 0.357. The van der Waals surface area contributed by atoms with Crippen molar-refractivity contribution in [2.75, 3.05) is 24.0 Å². The van der Waals surface area contributed by atoms with Gasteiger partial charge in [-0.2, -0.15) is 15.0 Å². The maximum atomic E-state index is 5.45. The number of nitrogens with one attached hydrogen (secondary N) is 1. The van der Waals surface area contributed by atoms with Gasteiger partial charge in [0.05, 0.1) is 6.61 Å². The molecular weight excluding hydrogens is 268 g/mol. The molecule has 0 atom stereocenters. The molecule has 0 aliphatic carbocycles. The third-order valence-electron chi connectivity index (χ3n) is 2.77. The first-order valence-electron chi connectivity index (χ1n) is 6.83. The van der Waals surface area contributed by atoms with Crippen LogP contribution in [0.2, 0.25) is 0 Å². The van der Waals surface area contributed by atoms with E-state index in [1.165, 1.54) is 5.56 Å². The molecular formula is C14H20N6O. The molecule has 1 aromatic heterocycles. The van der Waals surface area contributed by atoms with Crippen LogP contribution < -0.4 is 20.9 Å². The van der Waals surface area contributed by atoms with Crippen LogP contribution in [-0.4, -0.2) is 28.6 Å². The monoisotopic (exact) mass is 288 g/mol. The van der Waals surface area contributed by atoms with Gasteiger partial charge in [-0.15, -0.1) is 0 Å². The highest BCUT2D eigenvalue weighted by atomic mass is 16.5. The fourth-order valence-corrected chi connectivity index (χ4v) is 1.77. The standard InChI is InChI=1S/C14H20N6O/c1-3-9-21-14-17-12(19-15)16-13(18-14)20(2)10-11-7-5-4-6-8-11/h4-8H,3,9-10,15H2,1-2H3,(H,16,17,18,19). The van der Waals surface area contributed by atoms with Crippen LogP contribution in [0.5, 0.6) is 6.01 Å². The largest absolute Gasteiger partial charge is 0.463 e. The van der Waals surface area contributed by atoms with Gasteiger partial charge < -0.3 is 9.64 Å². The van der Waals surface area contributed by atoms with E-state index in [-0.39, 0.29) is 12.0 Å². The second-order valence-electron chi connectivity index (χ2n) is 4.58. The molecule has 0 amide bonds. The highest BCUT2D eigenvalue weighted by Crippen LogP contribution is 2.15. The van der Waals surface area contributed by atoms with E-state index in [1.807, 2.05) is 49.2 Å². The summed E-state index contributed by atoms with van der Waals surface area (Å²) in [6.45, 7) is 3.25. The van der Waals surface area contributed by atoms with E-state index in [0.29, 0.717) is 19.1 Å². The van der Waals surface area contributed by atoms with E-state index < -0.39 is 0 Å². The van der Waals surface area contributed by atoms with Crippen molar-refractivity contribution in [3.05, 3.63) is 35.9 Å². The Hall–Kier alpha value is -2.41. The summed E-state index contributed by atoms with van der Waals surface area (Å²) in [5.74, 6) is 6.18. The Kier molecular flexibility index (Phi) is 5.28. The molecule has 112 valence electrons. The van der Waals surface area contributed by atoms with Crippen molar-refractivity contribution in [2.45, 2.75) is 19.9 Å². The van der Waals surface area contributed by atoms with E-state index in [1.54, 1.807) is 0 Å². The van der Waals surface area contributed by atoms with Gasteiger partial charge in [-0.1, -0.05) is 37.3 Å². The zero-order valence-corrected chi connectivity index (χ0v) is 12.3. The SMILES string of the molecule is CCCOc1nc(NN)nc(N(C)Cc2ccccc2)n1. The van der Waals surface area contributed by atoms with Gasteiger partial charge in [0, 0.05) is 13.6 Å². The third-order valence-corrected chi connectivity index (χ3v) is 2.77. The van der Waals surface area contributed by atoms with Crippen molar-refractivity contribution in [1.29, 1.82) is 0 Å². The topological polar surface area (TPSA) is 89.2 Å². The van der Waals surface area contributed by atoms with Crippen molar-refractivity contribution < 1.29 is 4.74 Å². The molecule has 0 saturated heterocycles. The summed E-state index contributed by atoms with van der Waals surface area (Å²) in [6.07, 6.45) is 0.881. The summed E-state index contributed by atoms with van der Waals surface area (Å²) in [6, 6.07) is 10.4. The lowest BCUT2D eigenvalue weighted by Gasteiger charge is -2.18. The van der Waals surface area contributed by atoms with Crippen LogP contribution in [0.1, 0.15) is 18.9 Å². The van der Waals surface area contributed by atoms with Crippen molar-refractivity contribution in [3.63, 3.8) is 0 Å². The highest BCUT2D eigenvalue weighted by molar-refractivity contribution is 5.38. The van der Waals surface area contributed by atoms with Crippen LogP contribution in [0.3, 0.4) is 0 Å². The maximum Gasteiger partial charge on any atom is 0.323 e. The van der Waals surface area contributed by atoms with Crippen LogP contribution in [0, 0.1) is 0 Å². The number of hydrogen-bond acceptors (Lipinski definition) is 7. The quantitative estimate of drug-likeness (QED) is 0.590. The summed E-state index contributed by atoms with van der Waals surface area (Å²) in [4.78, 5) is 14.5. The average Bonchev–Trinajstić information content (AvgIpc) is 2.53. The molecule has 0 aliphatic heterocycles. The average molecular weight is 288 g/mol. The van der Waals surface area contributed by atoms with E-state index in [9.17, 15) is 0 Å². The zero-order valence-electron chi connectivity index (χ0n) is 12.3. The summed E-state index contributed by atoms with van der Waals surface area (Å²) in [5, 5.41) is 0. The number of anilines is 2. The van der Waals surface area contributed by atoms with Crippen molar-refractivity contribution in [1.82, 2.24) is 15.0 Å². The van der Waals surface area contributed by atoms with Crippen molar-refractivity contribution >= 4 is 11.9 Å². The molecule has 2 rings (SSSR count). The zero-order chi connectivity index (χ0) is 15.1. The smallest absolute Gasteiger partial charge is 0.323 e. The first kappa shape index (κ1) is 15.0. The highest BCUT2D eigenvalue weighted by Gasteiger charge is 2.11. The molecule has 7 heteroatoms. The first-order chi connectivity index (χ1) is 10.2. The lowest BCUT2D eigenvalue weighted by atomic mass is 10.2. The minimum Gasteiger partial charge on any atom is -0.463 e. The van der Waals surface area contributed by atoms with Gasteiger partial charge >= 0.3 is 6.01 Å². The predicted molar refractivity (Wildman–Crippen MR) is 82.0 cm³/mol. The van der Waals surface area contributed by atoms with Crippen LogP contribution in [0.25, 0.3) is 0 Å². The van der Waals surface area contributed by atoms with Crippen LogP contribution >= 0.6 is 0 Å². The Morgan fingerprint density at radius 3 is 2.62 bits per heavy atom. The first-order valence-corrected chi connectivity index (χ1v) is 6.83. The molecule has 0 unspecified atom stereocenters. The number of hydrazine groups is 1. The molecule has 1 aromatic carbocycles. The van der Waals surface area contributed by atoms with Crippen molar-refractivity contribution in [2.24, 2.45) is 5.84 Å². The molecule has 7 nitrogen and oxygen atoms in total. The van der Waals surface area contributed by atoms with Crippen molar-refractivity contribution in [3.8, 4) is 6.01 Å². The number of nitrogens with zero attached hydrogens (tertiary/aromatic N) is 4. The lowest BCUT2D eigenvalue weighted by Crippen LogP contribution is -2.21. The van der Waals surface area contributed by atoms with Gasteiger partial charge in [0.25, 0.3) is 0 Å².